The molecule has 1 heterocycles. The molecule has 0 aromatic carbocycles. The number of likely N-dealkylation sites (N-methyl/N-ethyl adjacent to an activating group) is 1. The number of rotatable bonds is 12. The van der Waals surface area contributed by atoms with Crippen LogP contribution in [0.4, 0.5) is 0 Å². The highest BCUT2D eigenvalue weighted by atomic mass is 15.3. The van der Waals surface area contributed by atoms with Gasteiger partial charge in [-0.05, 0) is 39.3 Å². The zero-order valence-corrected chi connectivity index (χ0v) is 16.4. The summed E-state index contributed by atoms with van der Waals surface area (Å²) in [6, 6.07) is 0. The van der Waals surface area contributed by atoms with Crippen LogP contribution in [0.1, 0.15) is 59.3 Å². The standard InChI is InChI=1S/C19H41N5/c1-4-7-8-9-12-21-19(20-5-2)22-13-10-11-14-24-17-15-23(6-3)16-18-24/h4-18H2,1-3H3,(H2,20,21,22). The molecule has 0 aromatic heterocycles. The van der Waals surface area contributed by atoms with Crippen LogP contribution in [-0.2, 0) is 0 Å². The molecule has 1 fully saturated rings. The Hall–Kier alpha value is -0.810. The first-order valence-corrected chi connectivity index (χ1v) is 10.3. The van der Waals surface area contributed by atoms with Crippen LogP contribution in [0.5, 0.6) is 0 Å². The summed E-state index contributed by atoms with van der Waals surface area (Å²) in [5.74, 6) is 0.991. The largest absolute Gasteiger partial charge is 0.357 e. The molecule has 1 saturated heterocycles. The summed E-state index contributed by atoms with van der Waals surface area (Å²) in [6.45, 7) is 16.9. The van der Waals surface area contributed by atoms with Gasteiger partial charge in [0.1, 0.15) is 0 Å². The number of nitrogens with one attached hydrogen (secondary N) is 2. The zero-order chi connectivity index (χ0) is 17.5. The Labute approximate surface area is 150 Å². The Morgan fingerprint density at radius 1 is 0.833 bits per heavy atom. The van der Waals surface area contributed by atoms with Crippen molar-refractivity contribution in [2.75, 3.05) is 58.9 Å². The Morgan fingerprint density at radius 2 is 1.58 bits per heavy atom. The van der Waals surface area contributed by atoms with Gasteiger partial charge in [-0.3, -0.25) is 4.99 Å². The minimum Gasteiger partial charge on any atom is -0.357 e. The average molecular weight is 340 g/mol. The van der Waals surface area contributed by atoms with E-state index >= 15 is 0 Å². The van der Waals surface area contributed by atoms with Crippen molar-refractivity contribution in [2.24, 2.45) is 4.99 Å². The molecule has 1 aliphatic heterocycles. The molecule has 24 heavy (non-hydrogen) atoms. The maximum atomic E-state index is 4.67. The van der Waals surface area contributed by atoms with Gasteiger partial charge < -0.3 is 20.4 Å². The lowest BCUT2D eigenvalue weighted by atomic mass is 10.2. The van der Waals surface area contributed by atoms with Crippen molar-refractivity contribution in [3.8, 4) is 0 Å². The molecule has 142 valence electrons. The molecular weight excluding hydrogens is 298 g/mol. The van der Waals surface area contributed by atoms with Gasteiger partial charge in [0.25, 0.3) is 0 Å². The normalized spacial score (nSPS) is 17.2. The van der Waals surface area contributed by atoms with Crippen molar-refractivity contribution in [3.05, 3.63) is 0 Å². The van der Waals surface area contributed by atoms with Crippen molar-refractivity contribution < 1.29 is 0 Å². The van der Waals surface area contributed by atoms with Crippen LogP contribution in [0.25, 0.3) is 0 Å². The van der Waals surface area contributed by atoms with Gasteiger partial charge in [-0.15, -0.1) is 0 Å². The fourth-order valence-electron chi connectivity index (χ4n) is 3.07. The van der Waals surface area contributed by atoms with E-state index in [0.29, 0.717) is 0 Å². The molecule has 0 bridgehead atoms. The summed E-state index contributed by atoms with van der Waals surface area (Å²) in [5.41, 5.74) is 0. The van der Waals surface area contributed by atoms with Crippen LogP contribution < -0.4 is 10.6 Å². The smallest absolute Gasteiger partial charge is 0.191 e. The summed E-state index contributed by atoms with van der Waals surface area (Å²) in [4.78, 5) is 9.82. The minimum atomic E-state index is 0.933. The molecule has 1 rings (SSSR count). The highest BCUT2D eigenvalue weighted by Gasteiger charge is 2.14. The van der Waals surface area contributed by atoms with E-state index in [0.717, 1.165) is 25.6 Å². The lowest BCUT2D eigenvalue weighted by Crippen LogP contribution is -2.46. The number of guanidine groups is 1. The van der Waals surface area contributed by atoms with Crippen LogP contribution in [0, 0.1) is 0 Å². The first-order chi connectivity index (χ1) is 11.8. The highest BCUT2D eigenvalue weighted by molar-refractivity contribution is 5.79. The second-order valence-corrected chi connectivity index (χ2v) is 6.73. The third-order valence-electron chi connectivity index (χ3n) is 4.73. The van der Waals surface area contributed by atoms with Crippen molar-refractivity contribution in [2.45, 2.75) is 59.3 Å². The number of unbranched alkanes of at least 4 members (excludes halogenated alkanes) is 4. The minimum absolute atomic E-state index is 0.933. The fourth-order valence-corrected chi connectivity index (χ4v) is 3.07. The number of hydrogen-bond acceptors (Lipinski definition) is 3. The van der Waals surface area contributed by atoms with E-state index in [4.69, 9.17) is 0 Å². The quantitative estimate of drug-likeness (QED) is 0.326. The maximum Gasteiger partial charge on any atom is 0.191 e. The molecule has 0 aliphatic carbocycles. The van der Waals surface area contributed by atoms with Crippen LogP contribution in [0.3, 0.4) is 0 Å². The predicted octanol–water partition coefficient (Wildman–Crippen LogP) is 2.54. The van der Waals surface area contributed by atoms with Gasteiger partial charge in [0.15, 0.2) is 5.96 Å². The fraction of sp³-hybridized carbons (Fsp3) is 0.947. The molecule has 0 atom stereocenters. The molecule has 0 saturated carbocycles. The predicted molar refractivity (Wildman–Crippen MR) is 106 cm³/mol. The number of aliphatic imine (C=N–C) groups is 1. The van der Waals surface area contributed by atoms with Gasteiger partial charge in [-0.25, -0.2) is 0 Å². The monoisotopic (exact) mass is 339 g/mol. The molecule has 2 N–H and O–H groups in total. The Morgan fingerprint density at radius 3 is 2.25 bits per heavy atom. The number of nitrogens with zero attached hydrogens (tertiary/aromatic N) is 3. The first-order valence-electron chi connectivity index (χ1n) is 10.3. The van der Waals surface area contributed by atoms with E-state index in [1.807, 2.05) is 0 Å². The lowest BCUT2D eigenvalue weighted by molar-refractivity contribution is 0.136. The maximum absolute atomic E-state index is 4.67. The Kier molecular flexibility index (Phi) is 12.9. The Bertz CT molecular complexity index is 311. The van der Waals surface area contributed by atoms with Crippen molar-refractivity contribution in [1.29, 1.82) is 0 Å². The molecule has 0 unspecified atom stereocenters. The molecule has 5 heteroatoms. The van der Waals surface area contributed by atoms with Crippen molar-refractivity contribution in [1.82, 2.24) is 20.4 Å². The Balaban J connectivity index is 2.06. The van der Waals surface area contributed by atoms with Crippen LogP contribution in [-0.4, -0.2) is 74.7 Å². The summed E-state index contributed by atoms with van der Waals surface area (Å²) >= 11 is 0. The van der Waals surface area contributed by atoms with E-state index in [2.05, 4.69) is 46.2 Å². The zero-order valence-electron chi connectivity index (χ0n) is 16.4. The SMILES string of the molecule is CCCCCCN=C(NCC)NCCCCN1CCN(CC)CC1. The molecule has 0 spiro atoms. The van der Waals surface area contributed by atoms with Crippen LogP contribution in [0.15, 0.2) is 4.99 Å². The first kappa shape index (κ1) is 21.2. The summed E-state index contributed by atoms with van der Waals surface area (Å²) in [6.07, 6.45) is 7.60. The van der Waals surface area contributed by atoms with Gasteiger partial charge in [-0.1, -0.05) is 33.1 Å². The van der Waals surface area contributed by atoms with E-state index in [-0.39, 0.29) is 0 Å². The van der Waals surface area contributed by atoms with Gasteiger partial charge in [-0.2, -0.15) is 0 Å². The summed E-state index contributed by atoms with van der Waals surface area (Å²) in [5, 5.41) is 6.83. The van der Waals surface area contributed by atoms with E-state index in [1.54, 1.807) is 0 Å². The molecular formula is C19H41N5. The van der Waals surface area contributed by atoms with Crippen LogP contribution >= 0.6 is 0 Å². The highest BCUT2D eigenvalue weighted by Crippen LogP contribution is 2.03. The molecule has 0 radical (unpaired) electrons. The summed E-state index contributed by atoms with van der Waals surface area (Å²) < 4.78 is 0. The number of hydrogen-bond donors (Lipinski definition) is 2. The third-order valence-corrected chi connectivity index (χ3v) is 4.73. The van der Waals surface area contributed by atoms with Crippen LogP contribution in [0.2, 0.25) is 0 Å². The second kappa shape index (κ2) is 14.5. The van der Waals surface area contributed by atoms with Gasteiger partial charge in [0.2, 0.25) is 0 Å². The van der Waals surface area contributed by atoms with Gasteiger partial charge in [0.05, 0.1) is 0 Å². The van der Waals surface area contributed by atoms with E-state index in [1.165, 1.54) is 77.8 Å². The lowest BCUT2D eigenvalue weighted by Gasteiger charge is -2.34. The summed E-state index contributed by atoms with van der Waals surface area (Å²) in [7, 11) is 0. The average Bonchev–Trinajstić information content (AvgIpc) is 2.61. The van der Waals surface area contributed by atoms with Crippen molar-refractivity contribution in [3.63, 3.8) is 0 Å². The third kappa shape index (κ3) is 10.1. The molecule has 0 amide bonds. The molecule has 0 aromatic rings. The van der Waals surface area contributed by atoms with Crippen molar-refractivity contribution >= 4 is 5.96 Å². The number of piperazine rings is 1. The van der Waals surface area contributed by atoms with E-state index < -0.39 is 0 Å². The topological polar surface area (TPSA) is 42.9 Å². The van der Waals surface area contributed by atoms with E-state index in [9.17, 15) is 0 Å². The second-order valence-electron chi connectivity index (χ2n) is 6.73. The molecule has 5 nitrogen and oxygen atoms in total. The molecule has 1 aliphatic rings. The van der Waals surface area contributed by atoms with Gasteiger partial charge in [0, 0.05) is 45.8 Å². The van der Waals surface area contributed by atoms with Gasteiger partial charge >= 0.3 is 0 Å².